The quantitative estimate of drug-likeness (QED) is 0.615. The molecule has 2 aromatic carbocycles. The summed E-state index contributed by atoms with van der Waals surface area (Å²) in [5.74, 6) is -0.872. The number of primary sulfonamides is 1. The third kappa shape index (κ3) is 3.18. The molecule has 0 saturated carbocycles. The Hall–Kier alpha value is -3.27. The maximum Gasteiger partial charge on any atom is 0.282 e. The molecule has 1 aromatic heterocycles. The van der Waals surface area contributed by atoms with Crippen molar-refractivity contribution in [3.8, 4) is 0 Å². The third-order valence-corrected chi connectivity index (χ3v) is 7.22. The van der Waals surface area contributed by atoms with Crippen LogP contribution in [-0.2, 0) is 26.0 Å². The fraction of sp³-hybridized carbons (Fsp3) is 0.0909. The normalized spacial score (nSPS) is 16.4. The molecule has 156 valence electrons. The largest absolute Gasteiger partial charge is 0.336 e. The maximum atomic E-state index is 13.6. The van der Waals surface area contributed by atoms with Crippen LogP contribution in [0.3, 0.4) is 0 Å². The fourth-order valence-electron chi connectivity index (χ4n) is 4.00. The lowest BCUT2D eigenvalue weighted by molar-refractivity contribution is -0.120. The van der Waals surface area contributed by atoms with E-state index in [9.17, 15) is 18.0 Å². The van der Waals surface area contributed by atoms with Crippen molar-refractivity contribution in [2.24, 2.45) is 5.14 Å². The zero-order valence-corrected chi connectivity index (χ0v) is 17.8. The van der Waals surface area contributed by atoms with Gasteiger partial charge in [0.05, 0.1) is 16.2 Å². The highest BCUT2D eigenvalue weighted by molar-refractivity contribution is 7.89. The second kappa shape index (κ2) is 7.16. The smallest absolute Gasteiger partial charge is 0.282 e. The first-order chi connectivity index (χ1) is 14.9. The number of nitrogens with two attached hydrogens (primary N) is 1. The number of amides is 2. The Bertz CT molecular complexity index is 1340. The van der Waals surface area contributed by atoms with Crippen molar-refractivity contribution in [2.75, 3.05) is 16.3 Å². The third-order valence-electron chi connectivity index (χ3n) is 5.41. The molecule has 5 rings (SSSR count). The minimum absolute atomic E-state index is 0.0875. The van der Waals surface area contributed by atoms with Gasteiger partial charge < -0.3 is 4.90 Å². The number of sulfonamides is 1. The minimum Gasteiger partial charge on any atom is -0.336 e. The monoisotopic (exact) mass is 451 g/mol. The Morgan fingerprint density at radius 1 is 0.903 bits per heavy atom. The van der Waals surface area contributed by atoms with Crippen LogP contribution in [0.25, 0.3) is 5.57 Å². The van der Waals surface area contributed by atoms with Crippen LogP contribution in [0.1, 0.15) is 10.4 Å². The molecule has 0 radical (unpaired) electrons. The first-order valence-corrected chi connectivity index (χ1v) is 11.9. The topological polar surface area (TPSA) is 101 Å². The molecule has 9 heteroatoms. The average Bonchev–Trinajstić information content (AvgIpc) is 3.46. The molecule has 2 aliphatic rings. The molecular weight excluding hydrogens is 434 g/mol. The van der Waals surface area contributed by atoms with Crippen LogP contribution >= 0.6 is 11.3 Å². The van der Waals surface area contributed by atoms with Gasteiger partial charge in [0.15, 0.2) is 0 Å². The van der Waals surface area contributed by atoms with E-state index in [4.69, 9.17) is 5.14 Å². The summed E-state index contributed by atoms with van der Waals surface area (Å²) in [4.78, 5) is 30.7. The predicted molar refractivity (Wildman–Crippen MR) is 119 cm³/mol. The number of thiophene rings is 1. The zero-order valence-electron chi connectivity index (χ0n) is 16.2. The van der Waals surface area contributed by atoms with Crippen molar-refractivity contribution in [1.82, 2.24) is 0 Å². The van der Waals surface area contributed by atoms with Gasteiger partial charge in [0, 0.05) is 17.1 Å². The summed E-state index contributed by atoms with van der Waals surface area (Å²) >= 11 is 1.39. The number of hydrogen-bond donors (Lipinski definition) is 1. The molecule has 2 aliphatic heterocycles. The van der Waals surface area contributed by atoms with Crippen molar-refractivity contribution < 1.29 is 18.0 Å². The second-order valence-electron chi connectivity index (χ2n) is 7.22. The molecule has 3 aromatic rings. The van der Waals surface area contributed by atoms with Crippen LogP contribution in [0.2, 0.25) is 0 Å². The van der Waals surface area contributed by atoms with E-state index in [-0.39, 0.29) is 4.90 Å². The van der Waals surface area contributed by atoms with E-state index in [1.165, 1.54) is 35.6 Å². The number of imide groups is 1. The Labute approximate surface area is 183 Å². The van der Waals surface area contributed by atoms with Gasteiger partial charge >= 0.3 is 0 Å². The molecule has 0 spiro atoms. The Morgan fingerprint density at radius 3 is 2.32 bits per heavy atom. The molecule has 0 aliphatic carbocycles. The number of hydrogen-bond acceptors (Lipinski definition) is 6. The molecule has 0 bridgehead atoms. The van der Waals surface area contributed by atoms with Crippen LogP contribution in [0.4, 0.5) is 11.4 Å². The summed E-state index contributed by atoms with van der Waals surface area (Å²) < 4.78 is 23.1. The van der Waals surface area contributed by atoms with Gasteiger partial charge in [-0.3, -0.25) is 9.59 Å². The number of carbonyl (C=O) groups excluding carboxylic acids is 2. The van der Waals surface area contributed by atoms with E-state index >= 15 is 0 Å². The van der Waals surface area contributed by atoms with E-state index in [0.29, 0.717) is 28.4 Å². The van der Waals surface area contributed by atoms with Crippen molar-refractivity contribution in [1.29, 1.82) is 0 Å². The average molecular weight is 452 g/mol. The Balaban J connectivity index is 1.62. The summed E-state index contributed by atoms with van der Waals surface area (Å²) in [7, 11) is -3.88. The van der Waals surface area contributed by atoms with Crippen LogP contribution in [-0.4, -0.2) is 26.8 Å². The molecule has 7 nitrogen and oxygen atoms in total. The summed E-state index contributed by atoms with van der Waals surface area (Å²) in [5.41, 5.74) is 3.02. The van der Waals surface area contributed by atoms with E-state index in [1.807, 2.05) is 46.7 Å². The lowest BCUT2D eigenvalue weighted by Gasteiger charge is -2.21. The van der Waals surface area contributed by atoms with E-state index < -0.39 is 21.8 Å². The summed E-state index contributed by atoms with van der Waals surface area (Å²) in [5, 5.41) is 7.02. The number of carbonyl (C=O) groups is 2. The molecule has 2 N–H and O–H groups in total. The molecule has 31 heavy (non-hydrogen) atoms. The van der Waals surface area contributed by atoms with Crippen molar-refractivity contribution >= 4 is 50.1 Å². The first-order valence-electron chi connectivity index (χ1n) is 9.51. The summed E-state index contributed by atoms with van der Waals surface area (Å²) in [6.07, 6.45) is 0.780. The van der Waals surface area contributed by atoms with Crippen LogP contribution in [0.5, 0.6) is 0 Å². The molecular formula is C22H17N3O4S2. The Kier molecular flexibility index (Phi) is 4.54. The van der Waals surface area contributed by atoms with Crippen LogP contribution in [0.15, 0.2) is 76.6 Å². The van der Waals surface area contributed by atoms with Gasteiger partial charge in [0.25, 0.3) is 11.8 Å². The molecule has 2 amide bonds. The number of fused-ring (bicyclic) bond motifs is 1. The van der Waals surface area contributed by atoms with Crippen molar-refractivity contribution in [3.05, 3.63) is 82.2 Å². The standard InChI is InChI=1S/C22H17N3O4S2/c23-31(28,29)16-9-7-15(8-10-16)25-21(26)19(18-6-3-13-30-18)20(22(25)27)24-12-11-14-4-1-2-5-17(14)24/h1-10,13H,11-12H2,(H2,23,28,29). The highest BCUT2D eigenvalue weighted by Crippen LogP contribution is 2.41. The number of anilines is 2. The minimum atomic E-state index is -3.88. The first kappa shape index (κ1) is 19.7. The molecule has 0 saturated heterocycles. The number of rotatable bonds is 4. The summed E-state index contributed by atoms with van der Waals surface area (Å²) in [6, 6.07) is 16.9. The highest BCUT2D eigenvalue weighted by Gasteiger charge is 2.44. The molecule has 0 fully saturated rings. The maximum absolute atomic E-state index is 13.6. The van der Waals surface area contributed by atoms with Crippen molar-refractivity contribution in [2.45, 2.75) is 11.3 Å². The van der Waals surface area contributed by atoms with Gasteiger partial charge in [-0.1, -0.05) is 24.3 Å². The molecule has 0 unspecified atom stereocenters. The van der Waals surface area contributed by atoms with Crippen LogP contribution in [0, 0.1) is 0 Å². The van der Waals surface area contributed by atoms with E-state index in [0.717, 1.165) is 22.6 Å². The van der Waals surface area contributed by atoms with Gasteiger partial charge in [0.1, 0.15) is 5.70 Å². The van der Waals surface area contributed by atoms with Gasteiger partial charge in [-0.2, -0.15) is 0 Å². The fourth-order valence-corrected chi connectivity index (χ4v) is 5.28. The second-order valence-corrected chi connectivity index (χ2v) is 9.73. The number of nitrogens with zero attached hydrogens (tertiary/aromatic N) is 2. The predicted octanol–water partition coefficient (Wildman–Crippen LogP) is 2.74. The number of benzene rings is 2. The molecule has 3 heterocycles. The van der Waals surface area contributed by atoms with Gasteiger partial charge in [-0.05, 0) is 53.8 Å². The van der Waals surface area contributed by atoms with Gasteiger partial charge in [0.2, 0.25) is 10.0 Å². The lowest BCUT2D eigenvalue weighted by atomic mass is 10.1. The molecule has 0 atom stereocenters. The van der Waals surface area contributed by atoms with E-state index in [1.54, 1.807) is 0 Å². The van der Waals surface area contributed by atoms with E-state index in [2.05, 4.69) is 0 Å². The zero-order chi connectivity index (χ0) is 21.8. The SMILES string of the molecule is NS(=O)(=O)c1ccc(N2C(=O)C(c3cccs3)=C(N3CCc4ccccc43)C2=O)cc1. The highest BCUT2D eigenvalue weighted by atomic mass is 32.2. The lowest BCUT2D eigenvalue weighted by Crippen LogP contribution is -2.34. The Morgan fingerprint density at radius 2 is 1.65 bits per heavy atom. The van der Waals surface area contributed by atoms with Crippen molar-refractivity contribution in [3.63, 3.8) is 0 Å². The van der Waals surface area contributed by atoms with Gasteiger partial charge in [-0.15, -0.1) is 11.3 Å². The van der Waals surface area contributed by atoms with Gasteiger partial charge in [-0.25, -0.2) is 18.5 Å². The summed E-state index contributed by atoms with van der Waals surface area (Å²) in [6.45, 7) is 0.598. The number of para-hydroxylation sites is 1. The van der Waals surface area contributed by atoms with Crippen LogP contribution < -0.4 is 14.9 Å².